The van der Waals surface area contributed by atoms with Crippen LogP contribution in [0.5, 0.6) is 5.75 Å². The molecule has 0 spiro atoms. The van der Waals surface area contributed by atoms with E-state index in [1.807, 2.05) is 24.3 Å². The number of amides is 1. The van der Waals surface area contributed by atoms with E-state index in [1.54, 1.807) is 6.07 Å². The Morgan fingerprint density at radius 3 is 2.71 bits per heavy atom. The number of rotatable bonds is 1. The van der Waals surface area contributed by atoms with E-state index in [4.69, 9.17) is 5.73 Å². The van der Waals surface area contributed by atoms with Gasteiger partial charge in [0.15, 0.2) is 0 Å². The third kappa shape index (κ3) is 1.32. The van der Waals surface area contributed by atoms with Crippen LogP contribution in [0.2, 0.25) is 0 Å². The summed E-state index contributed by atoms with van der Waals surface area (Å²) < 4.78 is 0. The van der Waals surface area contributed by atoms with Gasteiger partial charge < -0.3 is 10.8 Å². The van der Waals surface area contributed by atoms with E-state index in [-0.39, 0.29) is 5.75 Å². The van der Waals surface area contributed by atoms with Crippen LogP contribution in [0.25, 0.3) is 11.1 Å². The summed E-state index contributed by atoms with van der Waals surface area (Å²) in [4.78, 5) is 11.4. The molecule has 1 aliphatic rings. The zero-order valence-electron chi connectivity index (χ0n) is 9.10. The largest absolute Gasteiger partial charge is 0.508 e. The van der Waals surface area contributed by atoms with Crippen molar-refractivity contribution in [2.45, 2.75) is 6.42 Å². The van der Waals surface area contributed by atoms with E-state index in [2.05, 4.69) is 0 Å². The number of carbonyl (C=O) groups is 1. The topological polar surface area (TPSA) is 63.3 Å². The average molecular weight is 225 g/mol. The lowest BCUT2D eigenvalue weighted by atomic mass is 9.98. The van der Waals surface area contributed by atoms with Gasteiger partial charge in [-0.25, -0.2) is 0 Å². The van der Waals surface area contributed by atoms with E-state index < -0.39 is 5.91 Å². The van der Waals surface area contributed by atoms with E-state index in [0.29, 0.717) is 12.0 Å². The van der Waals surface area contributed by atoms with Crippen molar-refractivity contribution in [2.24, 2.45) is 5.73 Å². The fourth-order valence-corrected chi connectivity index (χ4v) is 2.44. The Morgan fingerprint density at radius 2 is 1.94 bits per heavy atom. The zero-order chi connectivity index (χ0) is 12.0. The van der Waals surface area contributed by atoms with E-state index in [0.717, 1.165) is 22.3 Å². The van der Waals surface area contributed by atoms with E-state index in [9.17, 15) is 9.90 Å². The van der Waals surface area contributed by atoms with Gasteiger partial charge in [-0.05, 0) is 23.3 Å². The molecule has 0 aliphatic heterocycles. The molecule has 3 heteroatoms. The fraction of sp³-hybridized carbons (Fsp3) is 0.0714. The van der Waals surface area contributed by atoms with Crippen LogP contribution in [0.1, 0.15) is 21.5 Å². The van der Waals surface area contributed by atoms with Crippen molar-refractivity contribution in [1.82, 2.24) is 0 Å². The normalized spacial score (nSPS) is 12.0. The maximum atomic E-state index is 11.4. The highest BCUT2D eigenvalue weighted by atomic mass is 16.3. The summed E-state index contributed by atoms with van der Waals surface area (Å²) in [5.41, 5.74) is 9.54. The molecule has 2 aromatic carbocycles. The molecule has 3 N–H and O–H groups in total. The summed E-state index contributed by atoms with van der Waals surface area (Å²) >= 11 is 0. The number of hydrogen-bond donors (Lipinski definition) is 2. The van der Waals surface area contributed by atoms with Gasteiger partial charge in [0.25, 0.3) is 0 Å². The molecule has 0 saturated carbocycles. The summed E-state index contributed by atoms with van der Waals surface area (Å²) in [6.07, 6.45) is 0.651. The lowest BCUT2D eigenvalue weighted by Gasteiger charge is -2.07. The number of primary amides is 1. The Morgan fingerprint density at radius 1 is 1.18 bits per heavy atom. The van der Waals surface area contributed by atoms with E-state index >= 15 is 0 Å². The quantitative estimate of drug-likeness (QED) is 0.665. The first-order valence-corrected chi connectivity index (χ1v) is 5.41. The van der Waals surface area contributed by atoms with Gasteiger partial charge in [0.1, 0.15) is 5.75 Å². The Kier molecular flexibility index (Phi) is 1.95. The van der Waals surface area contributed by atoms with Crippen LogP contribution in [0, 0.1) is 0 Å². The van der Waals surface area contributed by atoms with Gasteiger partial charge in [0, 0.05) is 23.1 Å². The van der Waals surface area contributed by atoms with Crippen LogP contribution in [0.3, 0.4) is 0 Å². The number of phenols is 1. The zero-order valence-corrected chi connectivity index (χ0v) is 9.10. The van der Waals surface area contributed by atoms with Crippen molar-refractivity contribution in [3.05, 3.63) is 53.1 Å². The third-order valence-corrected chi connectivity index (χ3v) is 3.21. The first-order valence-electron chi connectivity index (χ1n) is 5.41. The van der Waals surface area contributed by atoms with Crippen LogP contribution in [0.15, 0.2) is 36.4 Å². The Hall–Kier alpha value is -2.29. The van der Waals surface area contributed by atoms with Crippen molar-refractivity contribution in [2.75, 3.05) is 0 Å². The number of nitrogens with two attached hydrogens (primary N) is 1. The van der Waals surface area contributed by atoms with Crippen LogP contribution < -0.4 is 5.73 Å². The average Bonchev–Trinajstić information content (AvgIpc) is 2.69. The minimum Gasteiger partial charge on any atom is -0.508 e. The van der Waals surface area contributed by atoms with Gasteiger partial charge in [-0.2, -0.15) is 0 Å². The van der Waals surface area contributed by atoms with Crippen LogP contribution in [-0.2, 0) is 6.42 Å². The molecule has 0 saturated heterocycles. The Labute approximate surface area is 98.5 Å². The third-order valence-electron chi connectivity index (χ3n) is 3.21. The molecule has 2 aromatic rings. The minimum atomic E-state index is -0.460. The lowest BCUT2D eigenvalue weighted by Crippen LogP contribution is -2.12. The molecule has 3 nitrogen and oxygen atoms in total. The fourth-order valence-electron chi connectivity index (χ4n) is 2.44. The number of carbonyl (C=O) groups excluding carboxylic acids is 1. The monoisotopic (exact) mass is 225 g/mol. The van der Waals surface area contributed by atoms with Gasteiger partial charge in [0.2, 0.25) is 5.91 Å². The SMILES string of the molecule is NC(=O)c1ccc(O)c2c1-c1ccccc1C2. The highest BCUT2D eigenvalue weighted by Crippen LogP contribution is 2.42. The number of hydrogen-bond acceptors (Lipinski definition) is 2. The number of benzene rings is 2. The predicted molar refractivity (Wildman–Crippen MR) is 64.9 cm³/mol. The van der Waals surface area contributed by atoms with Crippen molar-refractivity contribution >= 4 is 5.91 Å². The number of fused-ring (bicyclic) bond motifs is 3. The molecule has 0 fully saturated rings. The number of phenolic OH excluding ortho intramolecular Hbond substituents is 1. The van der Waals surface area contributed by atoms with Gasteiger partial charge in [-0.3, -0.25) is 4.79 Å². The minimum absolute atomic E-state index is 0.223. The molecule has 84 valence electrons. The molecule has 0 aromatic heterocycles. The molecule has 0 atom stereocenters. The molecule has 17 heavy (non-hydrogen) atoms. The van der Waals surface area contributed by atoms with Crippen LogP contribution >= 0.6 is 0 Å². The van der Waals surface area contributed by atoms with E-state index in [1.165, 1.54) is 6.07 Å². The molecule has 0 heterocycles. The maximum Gasteiger partial charge on any atom is 0.249 e. The summed E-state index contributed by atoms with van der Waals surface area (Å²) in [7, 11) is 0. The molecule has 1 aliphatic carbocycles. The lowest BCUT2D eigenvalue weighted by molar-refractivity contribution is 0.100. The second kappa shape index (κ2) is 3.35. The standard InChI is InChI=1S/C14H11NO2/c15-14(17)10-5-6-12(16)11-7-8-3-1-2-4-9(8)13(10)11/h1-6,16H,7H2,(H2,15,17). The highest BCUT2D eigenvalue weighted by molar-refractivity contribution is 6.02. The summed E-state index contributed by atoms with van der Waals surface area (Å²) in [6, 6.07) is 10.9. The Balaban J connectivity index is 2.37. The highest BCUT2D eigenvalue weighted by Gasteiger charge is 2.25. The summed E-state index contributed by atoms with van der Waals surface area (Å²) in [5.74, 6) is -0.237. The van der Waals surface area contributed by atoms with Gasteiger partial charge in [-0.1, -0.05) is 24.3 Å². The molecular formula is C14H11NO2. The summed E-state index contributed by atoms with van der Waals surface area (Å²) in [6.45, 7) is 0. The molecule has 0 radical (unpaired) electrons. The first-order chi connectivity index (χ1) is 8.18. The van der Waals surface area contributed by atoms with Crippen LogP contribution in [0.4, 0.5) is 0 Å². The van der Waals surface area contributed by atoms with Crippen LogP contribution in [-0.4, -0.2) is 11.0 Å². The van der Waals surface area contributed by atoms with Gasteiger partial charge in [0.05, 0.1) is 0 Å². The molecule has 1 amide bonds. The molecule has 0 bridgehead atoms. The van der Waals surface area contributed by atoms with Gasteiger partial charge >= 0.3 is 0 Å². The number of aromatic hydroxyl groups is 1. The van der Waals surface area contributed by atoms with Gasteiger partial charge in [-0.15, -0.1) is 0 Å². The maximum absolute atomic E-state index is 11.4. The second-order valence-corrected chi connectivity index (χ2v) is 4.18. The molecule has 3 rings (SSSR count). The van der Waals surface area contributed by atoms with Crippen molar-refractivity contribution in [3.63, 3.8) is 0 Å². The molecule has 0 unspecified atom stereocenters. The van der Waals surface area contributed by atoms with Crippen molar-refractivity contribution in [1.29, 1.82) is 0 Å². The summed E-state index contributed by atoms with van der Waals surface area (Å²) in [5, 5.41) is 9.86. The Bertz CT molecular complexity index is 632. The van der Waals surface area contributed by atoms with Crippen molar-refractivity contribution in [3.8, 4) is 16.9 Å². The first kappa shape index (κ1) is 9.90. The van der Waals surface area contributed by atoms with Crippen molar-refractivity contribution < 1.29 is 9.90 Å². The smallest absolute Gasteiger partial charge is 0.249 e. The second-order valence-electron chi connectivity index (χ2n) is 4.18. The molecular weight excluding hydrogens is 214 g/mol. The predicted octanol–water partition coefficient (Wildman–Crippen LogP) is 2.06.